The van der Waals surface area contributed by atoms with E-state index in [2.05, 4.69) is 5.32 Å². The summed E-state index contributed by atoms with van der Waals surface area (Å²) in [5.74, 6) is -1.21. The second kappa shape index (κ2) is 8.60. The summed E-state index contributed by atoms with van der Waals surface area (Å²) in [4.78, 5) is 27.9. The van der Waals surface area contributed by atoms with Gasteiger partial charge in [-0.15, -0.1) is 0 Å². The van der Waals surface area contributed by atoms with E-state index in [0.717, 1.165) is 16.7 Å². The Morgan fingerprint density at radius 2 is 1.53 bits per heavy atom. The Labute approximate surface area is 191 Å². The lowest BCUT2D eigenvalue weighted by molar-refractivity contribution is -0.137. The van der Waals surface area contributed by atoms with Gasteiger partial charge in [0.1, 0.15) is 11.5 Å². The van der Waals surface area contributed by atoms with E-state index in [1.165, 1.54) is 17.0 Å². The third-order valence-corrected chi connectivity index (χ3v) is 6.07. The summed E-state index contributed by atoms with van der Waals surface area (Å²) >= 11 is 6.26. The number of anilines is 1. The van der Waals surface area contributed by atoms with Gasteiger partial charge in [0.05, 0.1) is 12.1 Å². The maximum atomic E-state index is 13.4. The van der Waals surface area contributed by atoms with Gasteiger partial charge in [-0.05, 0) is 72.9 Å². The Morgan fingerprint density at radius 1 is 0.844 bits per heavy atom. The average Bonchev–Trinajstić information content (AvgIpc) is 2.98. The van der Waals surface area contributed by atoms with Crippen molar-refractivity contribution in [3.05, 3.63) is 105 Å². The van der Waals surface area contributed by atoms with Gasteiger partial charge >= 0.3 is 0 Å². The van der Waals surface area contributed by atoms with E-state index in [0.29, 0.717) is 27.4 Å². The van der Waals surface area contributed by atoms with Crippen molar-refractivity contribution in [2.75, 3.05) is 5.32 Å². The van der Waals surface area contributed by atoms with Crippen LogP contribution in [0.4, 0.5) is 10.1 Å². The highest BCUT2D eigenvalue weighted by Crippen LogP contribution is 2.33. The average molecular weight is 449 g/mol. The number of amides is 2. The maximum Gasteiger partial charge on any atom is 0.278 e. The zero-order chi connectivity index (χ0) is 23.0. The van der Waals surface area contributed by atoms with Gasteiger partial charge in [-0.2, -0.15) is 0 Å². The molecule has 32 heavy (non-hydrogen) atoms. The number of nitrogens with zero attached hydrogens (tertiary/aromatic N) is 1. The molecule has 0 aromatic heterocycles. The summed E-state index contributed by atoms with van der Waals surface area (Å²) in [7, 11) is 0. The molecule has 0 atom stereocenters. The normalized spacial score (nSPS) is 13.8. The molecule has 1 N–H and O–H groups in total. The van der Waals surface area contributed by atoms with Crippen molar-refractivity contribution in [1.29, 1.82) is 0 Å². The van der Waals surface area contributed by atoms with E-state index in [-0.39, 0.29) is 18.1 Å². The number of benzene rings is 3. The van der Waals surface area contributed by atoms with Gasteiger partial charge in [0.2, 0.25) is 0 Å². The molecule has 2 amide bonds. The second-order valence-electron chi connectivity index (χ2n) is 7.96. The first-order valence-corrected chi connectivity index (χ1v) is 10.6. The minimum Gasteiger partial charge on any atom is -0.350 e. The molecule has 6 heteroatoms. The number of carbonyl (C=O) groups excluding carboxylic acids is 2. The first kappa shape index (κ1) is 21.8. The lowest BCUT2D eigenvalue weighted by Crippen LogP contribution is -2.32. The largest absolute Gasteiger partial charge is 0.350 e. The molecule has 0 bridgehead atoms. The summed E-state index contributed by atoms with van der Waals surface area (Å²) in [5, 5.41) is 3.68. The SMILES string of the molecule is Cc1ccc(C2=C(Nc3ccc(C)c(Cl)c3)C(=O)N(Cc3ccc(F)cc3)C2=O)cc1C. The molecule has 0 spiro atoms. The van der Waals surface area contributed by atoms with E-state index in [1.54, 1.807) is 18.2 Å². The first-order chi connectivity index (χ1) is 15.2. The summed E-state index contributed by atoms with van der Waals surface area (Å²) in [6, 6.07) is 16.8. The smallest absolute Gasteiger partial charge is 0.278 e. The predicted octanol–water partition coefficient (Wildman–Crippen LogP) is 5.80. The quantitative estimate of drug-likeness (QED) is 0.502. The monoisotopic (exact) mass is 448 g/mol. The fourth-order valence-corrected chi connectivity index (χ4v) is 3.77. The topological polar surface area (TPSA) is 49.4 Å². The molecule has 4 rings (SSSR count). The van der Waals surface area contributed by atoms with Crippen molar-refractivity contribution in [2.45, 2.75) is 27.3 Å². The molecule has 0 saturated carbocycles. The van der Waals surface area contributed by atoms with Crippen LogP contribution in [0.15, 0.2) is 66.4 Å². The van der Waals surface area contributed by atoms with E-state index >= 15 is 0 Å². The molecular formula is C26H22ClFN2O2. The molecule has 3 aromatic rings. The zero-order valence-corrected chi connectivity index (χ0v) is 18.8. The van der Waals surface area contributed by atoms with Crippen LogP contribution in [0.1, 0.15) is 27.8 Å². The molecule has 162 valence electrons. The Hall–Kier alpha value is -3.44. The van der Waals surface area contributed by atoms with Crippen LogP contribution in [-0.4, -0.2) is 16.7 Å². The summed E-state index contributed by atoms with van der Waals surface area (Å²) in [6.45, 7) is 5.89. The number of carbonyl (C=O) groups is 2. The Bertz CT molecular complexity index is 1270. The molecule has 0 aliphatic carbocycles. The molecule has 3 aromatic carbocycles. The molecule has 1 aliphatic heterocycles. The van der Waals surface area contributed by atoms with Gasteiger partial charge in [-0.1, -0.05) is 48.0 Å². The third kappa shape index (κ3) is 4.16. The summed E-state index contributed by atoms with van der Waals surface area (Å²) in [6.07, 6.45) is 0. The highest BCUT2D eigenvalue weighted by Gasteiger charge is 2.39. The van der Waals surface area contributed by atoms with Crippen molar-refractivity contribution in [1.82, 2.24) is 4.90 Å². The Morgan fingerprint density at radius 3 is 2.19 bits per heavy atom. The lowest BCUT2D eigenvalue weighted by atomic mass is 9.99. The van der Waals surface area contributed by atoms with E-state index in [1.807, 2.05) is 51.1 Å². The number of nitrogens with one attached hydrogen (secondary N) is 1. The van der Waals surface area contributed by atoms with Crippen molar-refractivity contribution in [3.63, 3.8) is 0 Å². The van der Waals surface area contributed by atoms with Crippen LogP contribution in [0.3, 0.4) is 0 Å². The van der Waals surface area contributed by atoms with Gasteiger partial charge in [0.25, 0.3) is 11.8 Å². The molecule has 0 unspecified atom stereocenters. The zero-order valence-electron chi connectivity index (χ0n) is 18.0. The lowest BCUT2D eigenvalue weighted by Gasteiger charge is -2.15. The molecule has 0 saturated heterocycles. The molecule has 1 aliphatic rings. The van der Waals surface area contributed by atoms with Gasteiger partial charge in [-0.3, -0.25) is 14.5 Å². The Balaban J connectivity index is 1.76. The van der Waals surface area contributed by atoms with Crippen LogP contribution in [0.2, 0.25) is 5.02 Å². The minimum absolute atomic E-state index is 0.0477. The number of halogens is 2. The standard InChI is InChI=1S/C26H22ClFN2O2/c1-15-4-8-19(12-17(15)3)23-24(29-21-11-5-16(2)22(27)13-21)26(32)30(25(23)31)14-18-6-9-20(28)10-7-18/h4-13,29H,14H2,1-3H3. The van der Waals surface area contributed by atoms with Gasteiger partial charge in [-0.25, -0.2) is 4.39 Å². The van der Waals surface area contributed by atoms with Crippen molar-refractivity contribution >= 4 is 34.7 Å². The van der Waals surface area contributed by atoms with E-state index in [4.69, 9.17) is 11.6 Å². The summed E-state index contributed by atoms with van der Waals surface area (Å²) < 4.78 is 13.3. The third-order valence-electron chi connectivity index (χ3n) is 5.66. The number of hydrogen-bond acceptors (Lipinski definition) is 3. The Kier molecular flexibility index (Phi) is 5.85. The number of aryl methyl sites for hydroxylation is 3. The maximum absolute atomic E-state index is 13.4. The van der Waals surface area contributed by atoms with Crippen LogP contribution in [0.5, 0.6) is 0 Å². The number of imide groups is 1. The van der Waals surface area contributed by atoms with Crippen LogP contribution in [-0.2, 0) is 16.1 Å². The van der Waals surface area contributed by atoms with Gasteiger partial charge in [0, 0.05) is 10.7 Å². The molecule has 1 heterocycles. The number of rotatable bonds is 5. The van der Waals surface area contributed by atoms with Crippen LogP contribution < -0.4 is 5.32 Å². The van der Waals surface area contributed by atoms with Gasteiger partial charge < -0.3 is 5.32 Å². The van der Waals surface area contributed by atoms with Crippen molar-refractivity contribution in [2.24, 2.45) is 0 Å². The highest BCUT2D eigenvalue weighted by atomic mass is 35.5. The van der Waals surface area contributed by atoms with Gasteiger partial charge in [0.15, 0.2) is 0 Å². The fourth-order valence-electron chi connectivity index (χ4n) is 3.59. The minimum atomic E-state index is -0.441. The first-order valence-electron chi connectivity index (χ1n) is 10.2. The highest BCUT2D eigenvalue weighted by molar-refractivity contribution is 6.36. The van der Waals surface area contributed by atoms with Crippen LogP contribution in [0, 0.1) is 26.6 Å². The molecule has 0 fully saturated rings. The van der Waals surface area contributed by atoms with Crippen LogP contribution in [0.25, 0.3) is 5.57 Å². The fraction of sp³-hybridized carbons (Fsp3) is 0.154. The van der Waals surface area contributed by atoms with E-state index in [9.17, 15) is 14.0 Å². The number of hydrogen-bond donors (Lipinski definition) is 1. The predicted molar refractivity (Wildman–Crippen MR) is 125 cm³/mol. The molecular weight excluding hydrogens is 427 g/mol. The summed E-state index contributed by atoms with van der Waals surface area (Å²) in [5.41, 5.74) is 5.45. The van der Waals surface area contributed by atoms with Crippen molar-refractivity contribution in [3.8, 4) is 0 Å². The van der Waals surface area contributed by atoms with Crippen molar-refractivity contribution < 1.29 is 14.0 Å². The second-order valence-corrected chi connectivity index (χ2v) is 8.37. The van der Waals surface area contributed by atoms with E-state index < -0.39 is 11.8 Å². The molecule has 4 nitrogen and oxygen atoms in total. The van der Waals surface area contributed by atoms with Crippen LogP contribution >= 0.6 is 11.6 Å². The molecule has 0 radical (unpaired) electrons.